The van der Waals surface area contributed by atoms with Gasteiger partial charge in [-0.2, -0.15) is 0 Å². The first kappa shape index (κ1) is 11.8. The molecule has 0 saturated heterocycles. The van der Waals surface area contributed by atoms with Crippen molar-refractivity contribution >= 4 is 17.0 Å². The topological polar surface area (TPSA) is 92.5 Å². The molecule has 17 heavy (non-hydrogen) atoms. The third-order valence-electron chi connectivity index (χ3n) is 3.35. The van der Waals surface area contributed by atoms with Gasteiger partial charge in [0, 0.05) is 6.54 Å². The van der Waals surface area contributed by atoms with Crippen LogP contribution in [0.2, 0.25) is 0 Å². The highest BCUT2D eigenvalue weighted by Crippen LogP contribution is 2.23. The highest BCUT2D eigenvalue weighted by molar-refractivity contribution is 5.82. The van der Waals surface area contributed by atoms with E-state index in [0.717, 1.165) is 24.2 Å². The number of anilines is 1. The molecular weight excluding hydrogens is 216 g/mol. The first-order valence-electron chi connectivity index (χ1n) is 5.87. The van der Waals surface area contributed by atoms with Crippen LogP contribution >= 0.6 is 0 Å². The van der Waals surface area contributed by atoms with Crippen LogP contribution in [0.3, 0.4) is 0 Å². The SMILES string of the molecule is CCC(CC)(CN)Nc1ncnc2nc[nH]c12. The molecule has 0 unspecified atom stereocenters. The minimum absolute atomic E-state index is 0.119. The molecule has 0 aromatic carbocycles. The number of imidazole rings is 1. The van der Waals surface area contributed by atoms with Crippen LogP contribution in [0, 0.1) is 0 Å². The van der Waals surface area contributed by atoms with Crippen molar-refractivity contribution in [3.05, 3.63) is 12.7 Å². The molecule has 92 valence electrons. The summed E-state index contributed by atoms with van der Waals surface area (Å²) in [5, 5.41) is 3.42. The number of fused-ring (bicyclic) bond motifs is 1. The summed E-state index contributed by atoms with van der Waals surface area (Å²) >= 11 is 0. The summed E-state index contributed by atoms with van der Waals surface area (Å²) in [5.41, 5.74) is 7.24. The highest BCUT2D eigenvalue weighted by atomic mass is 15.1. The zero-order valence-electron chi connectivity index (χ0n) is 10.2. The summed E-state index contributed by atoms with van der Waals surface area (Å²) in [4.78, 5) is 15.5. The molecule has 0 aliphatic carbocycles. The molecule has 0 atom stereocenters. The van der Waals surface area contributed by atoms with Crippen LogP contribution < -0.4 is 11.1 Å². The molecule has 6 heteroatoms. The molecule has 0 fully saturated rings. The third-order valence-corrected chi connectivity index (χ3v) is 3.35. The van der Waals surface area contributed by atoms with Gasteiger partial charge in [0.25, 0.3) is 0 Å². The number of hydrogen-bond donors (Lipinski definition) is 3. The van der Waals surface area contributed by atoms with Crippen LogP contribution in [0.5, 0.6) is 0 Å². The van der Waals surface area contributed by atoms with Gasteiger partial charge in [-0.25, -0.2) is 15.0 Å². The molecule has 2 aromatic rings. The summed E-state index contributed by atoms with van der Waals surface area (Å²) in [6.45, 7) is 4.81. The lowest BCUT2D eigenvalue weighted by molar-refractivity contribution is 0.444. The minimum atomic E-state index is -0.119. The van der Waals surface area contributed by atoms with E-state index in [9.17, 15) is 0 Å². The van der Waals surface area contributed by atoms with Gasteiger partial charge in [-0.15, -0.1) is 0 Å². The molecular formula is C11H18N6. The Morgan fingerprint density at radius 2 is 2.06 bits per heavy atom. The predicted octanol–water partition coefficient (Wildman–Crippen LogP) is 1.28. The molecule has 6 nitrogen and oxygen atoms in total. The Morgan fingerprint density at radius 1 is 1.29 bits per heavy atom. The molecule has 0 aliphatic rings. The Bertz CT molecular complexity index is 479. The molecule has 2 rings (SSSR count). The molecule has 0 amide bonds. The zero-order chi connectivity index (χ0) is 12.3. The first-order valence-corrected chi connectivity index (χ1v) is 5.87. The lowest BCUT2D eigenvalue weighted by atomic mass is 9.93. The van der Waals surface area contributed by atoms with Gasteiger partial charge in [-0.05, 0) is 12.8 Å². The van der Waals surface area contributed by atoms with Gasteiger partial charge in [-0.1, -0.05) is 13.8 Å². The van der Waals surface area contributed by atoms with E-state index in [1.165, 1.54) is 6.33 Å². The van der Waals surface area contributed by atoms with E-state index >= 15 is 0 Å². The molecule has 0 radical (unpaired) electrons. The van der Waals surface area contributed by atoms with Crippen LogP contribution in [-0.4, -0.2) is 32.0 Å². The number of H-pyrrole nitrogens is 1. The third kappa shape index (κ3) is 2.08. The maximum atomic E-state index is 5.86. The number of aromatic amines is 1. The number of nitrogens with two attached hydrogens (primary N) is 1. The maximum Gasteiger partial charge on any atom is 0.182 e. The van der Waals surface area contributed by atoms with Gasteiger partial charge < -0.3 is 16.0 Å². The molecule has 0 bridgehead atoms. The van der Waals surface area contributed by atoms with Gasteiger partial charge in [0.05, 0.1) is 11.9 Å². The summed E-state index contributed by atoms with van der Waals surface area (Å²) in [6.07, 6.45) is 5.02. The van der Waals surface area contributed by atoms with E-state index in [4.69, 9.17) is 5.73 Å². The Morgan fingerprint density at radius 3 is 2.71 bits per heavy atom. The molecule has 4 N–H and O–H groups in total. The van der Waals surface area contributed by atoms with Crippen LogP contribution in [0.25, 0.3) is 11.2 Å². The lowest BCUT2D eigenvalue weighted by Gasteiger charge is -2.32. The number of rotatable bonds is 5. The number of hydrogen-bond acceptors (Lipinski definition) is 5. The van der Waals surface area contributed by atoms with E-state index in [2.05, 4.69) is 39.1 Å². The Balaban J connectivity index is 2.37. The molecule has 2 aromatic heterocycles. The summed E-state index contributed by atoms with van der Waals surface area (Å²) in [5.74, 6) is 0.765. The van der Waals surface area contributed by atoms with Gasteiger partial charge in [0.2, 0.25) is 0 Å². The van der Waals surface area contributed by atoms with Crippen molar-refractivity contribution < 1.29 is 0 Å². The van der Waals surface area contributed by atoms with Crippen LogP contribution in [0.15, 0.2) is 12.7 Å². The number of nitrogens with one attached hydrogen (secondary N) is 2. The lowest BCUT2D eigenvalue weighted by Crippen LogP contribution is -2.44. The second-order valence-electron chi connectivity index (χ2n) is 4.14. The average Bonchev–Trinajstić information content (AvgIpc) is 2.85. The van der Waals surface area contributed by atoms with Crippen LogP contribution in [0.1, 0.15) is 26.7 Å². The maximum absolute atomic E-state index is 5.86. The monoisotopic (exact) mass is 234 g/mol. The molecule has 0 saturated carbocycles. The molecule has 0 spiro atoms. The number of nitrogens with zero attached hydrogens (tertiary/aromatic N) is 3. The minimum Gasteiger partial charge on any atom is -0.361 e. The van der Waals surface area contributed by atoms with Gasteiger partial charge >= 0.3 is 0 Å². The van der Waals surface area contributed by atoms with Gasteiger partial charge in [0.1, 0.15) is 11.8 Å². The van der Waals surface area contributed by atoms with Crippen LogP contribution in [-0.2, 0) is 0 Å². The fraction of sp³-hybridized carbons (Fsp3) is 0.545. The Labute approximate surface area is 100 Å². The van der Waals surface area contributed by atoms with Crippen LogP contribution in [0.4, 0.5) is 5.82 Å². The summed E-state index contributed by atoms with van der Waals surface area (Å²) in [6, 6.07) is 0. The normalized spacial score (nSPS) is 11.9. The molecule has 0 aliphatic heterocycles. The Hall–Kier alpha value is -1.69. The van der Waals surface area contributed by atoms with E-state index in [0.29, 0.717) is 12.2 Å². The van der Waals surface area contributed by atoms with Crippen molar-refractivity contribution in [2.75, 3.05) is 11.9 Å². The van der Waals surface area contributed by atoms with Crippen molar-refractivity contribution in [2.45, 2.75) is 32.2 Å². The fourth-order valence-electron chi connectivity index (χ4n) is 1.88. The largest absolute Gasteiger partial charge is 0.361 e. The predicted molar refractivity (Wildman–Crippen MR) is 67.7 cm³/mol. The second kappa shape index (κ2) is 4.67. The number of aromatic nitrogens is 4. The fourth-order valence-corrected chi connectivity index (χ4v) is 1.88. The van der Waals surface area contributed by atoms with Gasteiger partial charge in [0.15, 0.2) is 11.5 Å². The van der Waals surface area contributed by atoms with Gasteiger partial charge in [-0.3, -0.25) is 0 Å². The van der Waals surface area contributed by atoms with E-state index < -0.39 is 0 Å². The average molecular weight is 234 g/mol. The Kier molecular flexibility index (Phi) is 3.23. The first-order chi connectivity index (χ1) is 8.24. The highest BCUT2D eigenvalue weighted by Gasteiger charge is 2.25. The van der Waals surface area contributed by atoms with Crippen molar-refractivity contribution in [3.63, 3.8) is 0 Å². The standard InChI is InChI=1S/C11H18N6/c1-3-11(4-2,5-12)17-10-8-9(14-6-13-8)15-7-16-10/h6-7H,3-5,12H2,1-2H3,(H2,13,14,15,16,17). The van der Waals surface area contributed by atoms with E-state index in [-0.39, 0.29) is 5.54 Å². The van der Waals surface area contributed by atoms with Crippen molar-refractivity contribution in [2.24, 2.45) is 5.73 Å². The van der Waals surface area contributed by atoms with E-state index in [1.54, 1.807) is 6.33 Å². The quantitative estimate of drug-likeness (QED) is 0.724. The van der Waals surface area contributed by atoms with Crippen molar-refractivity contribution in [3.8, 4) is 0 Å². The summed E-state index contributed by atoms with van der Waals surface area (Å²) in [7, 11) is 0. The smallest absolute Gasteiger partial charge is 0.182 e. The van der Waals surface area contributed by atoms with Crippen molar-refractivity contribution in [1.29, 1.82) is 0 Å². The molecule has 2 heterocycles. The second-order valence-corrected chi connectivity index (χ2v) is 4.14. The van der Waals surface area contributed by atoms with E-state index in [1.807, 2.05) is 0 Å². The van der Waals surface area contributed by atoms with Crippen molar-refractivity contribution in [1.82, 2.24) is 19.9 Å². The zero-order valence-corrected chi connectivity index (χ0v) is 10.2. The summed E-state index contributed by atoms with van der Waals surface area (Å²) < 4.78 is 0.